The predicted molar refractivity (Wildman–Crippen MR) is 102 cm³/mol. The first-order valence-electron chi connectivity index (χ1n) is 8.82. The quantitative estimate of drug-likeness (QED) is 0.676. The highest BCUT2D eigenvalue weighted by Crippen LogP contribution is 2.08. The van der Waals surface area contributed by atoms with Gasteiger partial charge in [-0.05, 0) is 36.8 Å². The van der Waals surface area contributed by atoms with E-state index in [4.69, 9.17) is 4.42 Å². The van der Waals surface area contributed by atoms with Crippen LogP contribution in [0.3, 0.4) is 0 Å². The average Bonchev–Trinajstić information content (AvgIpc) is 3.32. The van der Waals surface area contributed by atoms with Crippen molar-refractivity contribution in [3.8, 4) is 0 Å². The van der Waals surface area contributed by atoms with E-state index in [1.165, 1.54) is 6.26 Å². The number of carbonyl (C=O) groups excluding carboxylic acids is 2. The molecule has 2 N–H and O–H groups in total. The topological polar surface area (TPSA) is 76.3 Å². The smallest absolute Gasteiger partial charge is 0.287 e. The zero-order valence-electron chi connectivity index (χ0n) is 15.4. The number of carbonyl (C=O) groups is 2. The van der Waals surface area contributed by atoms with Crippen LogP contribution >= 0.6 is 0 Å². The Kier molecular flexibility index (Phi) is 5.76. The van der Waals surface area contributed by atoms with Crippen molar-refractivity contribution in [1.29, 1.82) is 0 Å². The maximum Gasteiger partial charge on any atom is 0.287 e. The zero-order chi connectivity index (χ0) is 19.2. The van der Waals surface area contributed by atoms with Gasteiger partial charge in [0.2, 0.25) is 5.91 Å². The van der Waals surface area contributed by atoms with E-state index in [-0.39, 0.29) is 11.7 Å². The van der Waals surface area contributed by atoms with Crippen LogP contribution in [-0.2, 0) is 24.8 Å². The summed E-state index contributed by atoms with van der Waals surface area (Å²) >= 11 is 0. The Hall–Kier alpha value is -3.28. The van der Waals surface area contributed by atoms with E-state index in [0.717, 1.165) is 17.0 Å². The van der Waals surface area contributed by atoms with Gasteiger partial charge < -0.3 is 19.6 Å². The summed E-state index contributed by atoms with van der Waals surface area (Å²) in [6, 6.07) is 16.1. The monoisotopic (exact) mass is 365 g/mol. The Morgan fingerprint density at radius 3 is 2.48 bits per heavy atom. The van der Waals surface area contributed by atoms with Gasteiger partial charge in [0.05, 0.1) is 12.8 Å². The number of nitrogens with zero attached hydrogens (tertiary/aromatic N) is 1. The van der Waals surface area contributed by atoms with Crippen LogP contribution < -0.4 is 10.6 Å². The zero-order valence-corrected chi connectivity index (χ0v) is 15.4. The van der Waals surface area contributed by atoms with Gasteiger partial charge >= 0.3 is 0 Å². The SMILES string of the molecule is Cc1ccc(CNC(=O)[C@@H](Cc2ccccc2)NC(=O)c2ccco2)n1C. The Morgan fingerprint density at radius 1 is 1.07 bits per heavy atom. The fourth-order valence-corrected chi connectivity index (χ4v) is 2.84. The molecule has 0 aliphatic rings. The number of benzene rings is 1. The minimum Gasteiger partial charge on any atom is -0.459 e. The van der Waals surface area contributed by atoms with E-state index in [2.05, 4.69) is 10.6 Å². The van der Waals surface area contributed by atoms with E-state index in [9.17, 15) is 9.59 Å². The van der Waals surface area contributed by atoms with Gasteiger partial charge in [-0.25, -0.2) is 0 Å². The number of hydrogen-bond acceptors (Lipinski definition) is 3. The highest BCUT2D eigenvalue weighted by atomic mass is 16.3. The molecule has 1 aromatic carbocycles. The Balaban J connectivity index is 1.70. The van der Waals surface area contributed by atoms with Crippen LogP contribution in [-0.4, -0.2) is 22.4 Å². The molecule has 1 atom stereocenters. The highest BCUT2D eigenvalue weighted by Gasteiger charge is 2.23. The lowest BCUT2D eigenvalue weighted by Crippen LogP contribution is -2.47. The van der Waals surface area contributed by atoms with Gasteiger partial charge in [0.1, 0.15) is 6.04 Å². The second-order valence-corrected chi connectivity index (χ2v) is 6.44. The van der Waals surface area contributed by atoms with Crippen molar-refractivity contribution in [2.24, 2.45) is 7.05 Å². The molecule has 0 saturated heterocycles. The van der Waals surface area contributed by atoms with Crippen LogP contribution in [0.25, 0.3) is 0 Å². The minimum absolute atomic E-state index is 0.180. The first-order valence-corrected chi connectivity index (χ1v) is 8.82. The number of rotatable bonds is 7. The second kappa shape index (κ2) is 8.40. The summed E-state index contributed by atoms with van der Waals surface area (Å²) in [5, 5.41) is 5.69. The molecule has 3 rings (SSSR count). The van der Waals surface area contributed by atoms with Gasteiger partial charge in [-0.1, -0.05) is 30.3 Å². The van der Waals surface area contributed by atoms with Crippen molar-refractivity contribution in [3.63, 3.8) is 0 Å². The summed E-state index contributed by atoms with van der Waals surface area (Å²) in [6.07, 6.45) is 1.82. The maximum atomic E-state index is 12.8. The number of nitrogens with one attached hydrogen (secondary N) is 2. The molecule has 6 nitrogen and oxygen atoms in total. The van der Waals surface area contributed by atoms with Gasteiger partial charge in [0.25, 0.3) is 5.91 Å². The van der Waals surface area contributed by atoms with Crippen LogP contribution in [0.2, 0.25) is 0 Å². The van der Waals surface area contributed by atoms with Crippen LogP contribution in [0.4, 0.5) is 0 Å². The first-order chi connectivity index (χ1) is 13.0. The van der Waals surface area contributed by atoms with E-state index in [1.807, 2.05) is 61.0 Å². The molecule has 0 fully saturated rings. The lowest BCUT2D eigenvalue weighted by atomic mass is 10.0. The Labute approximate surface area is 158 Å². The number of aromatic nitrogens is 1. The van der Waals surface area contributed by atoms with Crippen LogP contribution in [0.15, 0.2) is 65.3 Å². The summed E-state index contributed by atoms with van der Waals surface area (Å²) in [5.74, 6) is -0.470. The van der Waals surface area contributed by atoms with E-state index >= 15 is 0 Å². The molecule has 2 amide bonds. The lowest BCUT2D eigenvalue weighted by Gasteiger charge is -2.18. The third-order valence-corrected chi connectivity index (χ3v) is 4.57. The van der Waals surface area contributed by atoms with Crippen LogP contribution in [0, 0.1) is 6.92 Å². The van der Waals surface area contributed by atoms with E-state index in [1.54, 1.807) is 12.1 Å². The molecule has 0 aliphatic carbocycles. The fraction of sp³-hybridized carbons (Fsp3) is 0.238. The summed E-state index contributed by atoms with van der Waals surface area (Å²) in [4.78, 5) is 25.1. The lowest BCUT2D eigenvalue weighted by molar-refractivity contribution is -0.123. The number of hydrogen-bond donors (Lipinski definition) is 2. The van der Waals surface area contributed by atoms with Crippen molar-refractivity contribution in [2.75, 3.05) is 0 Å². The second-order valence-electron chi connectivity index (χ2n) is 6.44. The molecule has 6 heteroatoms. The van der Waals surface area contributed by atoms with Crippen LogP contribution in [0.5, 0.6) is 0 Å². The molecule has 27 heavy (non-hydrogen) atoms. The average molecular weight is 365 g/mol. The minimum atomic E-state index is -0.702. The van der Waals surface area contributed by atoms with Gasteiger partial charge in [-0.2, -0.15) is 0 Å². The summed E-state index contributed by atoms with van der Waals surface area (Å²) < 4.78 is 7.15. The first kappa shape index (κ1) is 18.5. The Bertz CT molecular complexity index is 898. The molecule has 2 heterocycles. The molecular weight excluding hydrogens is 342 g/mol. The fourth-order valence-electron chi connectivity index (χ4n) is 2.84. The van der Waals surface area contributed by atoms with Crippen molar-refractivity contribution >= 4 is 11.8 Å². The van der Waals surface area contributed by atoms with Crippen molar-refractivity contribution in [3.05, 3.63) is 83.6 Å². The summed E-state index contributed by atoms with van der Waals surface area (Å²) in [5.41, 5.74) is 3.08. The third kappa shape index (κ3) is 4.67. The molecule has 140 valence electrons. The largest absolute Gasteiger partial charge is 0.459 e. The van der Waals surface area contributed by atoms with Gasteiger partial charge in [-0.15, -0.1) is 0 Å². The molecule has 0 aliphatic heterocycles. The summed E-state index contributed by atoms with van der Waals surface area (Å²) in [7, 11) is 1.96. The summed E-state index contributed by atoms with van der Waals surface area (Å²) in [6.45, 7) is 2.40. The Morgan fingerprint density at radius 2 is 1.85 bits per heavy atom. The molecule has 0 saturated carbocycles. The number of aryl methyl sites for hydroxylation is 1. The normalized spacial score (nSPS) is 11.8. The van der Waals surface area contributed by atoms with Gasteiger partial charge in [-0.3, -0.25) is 9.59 Å². The third-order valence-electron chi connectivity index (χ3n) is 4.57. The number of furan rings is 1. The van der Waals surface area contributed by atoms with Crippen molar-refractivity contribution in [1.82, 2.24) is 15.2 Å². The molecule has 3 aromatic rings. The van der Waals surface area contributed by atoms with Gasteiger partial charge in [0, 0.05) is 24.9 Å². The van der Waals surface area contributed by atoms with Crippen molar-refractivity contribution < 1.29 is 14.0 Å². The van der Waals surface area contributed by atoms with Gasteiger partial charge in [0.15, 0.2) is 5.76 Å². The number of amides is 2. The highest BCUT2D eigenvalue weighted by molar-refractivity contribution is 5.95. The molecule has 0 spiro atoms. The van der Waals surface area contributed by atoms with E-state index < -0.39 is 11.9 Å². The standard InChI is InChI=1S/C21H23N3O3/c1-15-10-11-17(24(15)2)14-22-20(25)18(13-16-7-4-3-5-8-16)23-21(26)19-9-6-12-27-19/h3-12,18H,13-14H2,1-2H3,(H,22,25)(H,23,26)/t18-/m1/s1. The van der Waals surface area contributed by atoms with Crippen LogP contribution in [0.1, 0.15) is 27.5 Å². The maximum absolute atomic E-state index is 12.8. The van der Waals surface area contributed by atoms with E-state index in [0.29, 0.717) is 13.0 Å². The predicted octanol–water partition coefficient (Wildman–Crippen LogP) is 2.58. The molecule has 0 bridgehead atoms. The molecule has 0 unspecified atom stereocenters. The molecular formula is C21H23N3O3. The molecule has 2 aromatic heterocycles. The molecule has 0 radical (unpaired) electrons. The van der Waals surface area contributed by atoms with Crippen molar-refractivity contribution in [2.45, 2.75) is 25.9 Å².